The van der Waals surface area contributed by atoms with Gasteiger partial charge in [-0.1, -0.05) is 51.8 Å². The van der Waals surface area contributed by atoms with Crippen LogP contribution in [0.15, 0.2) is 76.1 Å². The maximum absolute atomic E-state index is 12.9. The average molecular weight is 590 g/mol. The van der Waals surface area contributed by atoms with E-state index in [4.69, 9.17) is 21.1 Å². The first-order valence-corrected chi connectivity index (χ1v) is 12.6. The monoisotopic (exact) mass is 588 g/mol. The fraction of sp³-hybridized carbons (Fsp3) is 0.120. The number of nitro benzene ring substituents is 1. The number of benzene rings is 3. The number of carbonyl (C=O) groups is 2. The number of halogens is 2. The second-order valence-corrected chi connectivity index (χ2v) is 9.78. The summed E-state index contributed by atoms with van der Waals surface area (Å²) < 4.78 is 12.2. The molecule has 0 spiro atoms. The molecule has 0 saturated carbocycles. The van der Waals surface area contributed by atoms with E-state index >= 15 is 0 Å². The molecule has 184 valence electrons. The topological polar surface area (TPSA) is 99.0 Å². The molecule has 0 N–H and O–H groups in total. The number of hydrogen-bond acceptors (Lipinski definition) is 7. The van der Waals surface area contributed by atoms with Gasteiger partial charge in [0, 0.05) is 16.1 Å². The summed E-state index contributed by atoms with van der Waals surface area (Å²) in [6.07, 6.45) is 1.57. The van der Waals surface area contributed by atoms with Crippen molar-refractivity contribution >= 4 is 62.2 Å². The molecule has 0 aliphatic carbocycles. The van der Waals surface area contributed by atoms with Gasteiger partial charge in [-0.2, -0.15) is 0 Å². The molecule has 0 aromatic heterocycles. The number of nitro groups is 1. The summed E-state index contributed by atoms with van der Waals surface area (Å²) in [6, 6.07) is 18.4. The summed E-state index contributed by atoms with van der Waals surface area (Å²) in [4.78, 5) is 37.6. The predicted octanol–water partition coefficient (Wildman–Crippen LogP) is 6.71. The number of ether oxygens (including phenoxy) is 2. The molecule has 1 aliphatic rings. The van der Waals surface area contributed by atoms with Crippen LogP contribution in [-0.2, 0) is 11.4 Å². The fourth-order valence-corrected chi connectivity index (χ4v) is 4.80. The smallest absolute Gasteiger partial charge is 0.293 e. The minimum Gasteiger partial charge on any atom is -0.490 e. The fourth-order valence-electron chi connectivity index (χ4n) is 3.37. The highest BCUT2D eigenvalue weighted by atomic mass is 79.9. The van der Waals surface area contributed by atoms with Crippen molar-refractivity contribution in [3.05, 3.63) is 102 Å². The van der Waals surface area contributed by atoms with Crippen LogP contribution in [-0.4, -0.2) is 34.1 Å². The van der Waals surface area contributed by atoms with Crippen LogP contribution in [0, 0.1) is 10.1 Å². The van der Waals surface area contributed by atoms with Crippen LogP contribution in [0.4, 0.5) is 10.5 Å². The Hall–Kier alpha value is -3.34. The maximum Gasteiger partial charge on any atom is 0.293 e. The lowest BCUT2D eigenvalue weighted by atomic mass is 10.1. The minimum atomic E-state index is -0.466. The Morgan fingerprint density at radius 1 is 1.03 bits per heavy atom. The molecule has 1 saturated heterocycles. The molecular formula is C25H18BrClN2O6S. The highest BCUT2D eigenvalue weighted by molar-refractivity contribution is 9.10. The number of thioether (sulfide) groups is 1. The van der Waals surface area contributed by atoms with E-state index in [1.165, 1.54) is 6.07 Å². The summed E-state index contributed by atoms with van der Waals surface area (Å²) in [5.74, 6) is 0.429. The Labute approximate surface area is 224 Å². The van der Waals surface area contributed by atoms with E-state index in [2.05, 4.69) is 15.9 Å². The zero-order valence-electron chi connectivity index (χ0n) is 18.6. The normalized spacial score (nSPS) is 14.4. The maximum atomic E-state index is 12.9. The number of para-hydroxylation sites is 2. The van der Waals surface area contributed by atoms with Crippen LogP contribution in [0.1, 0.15) is 11.1 Å². The Morgan fingerprint density at radius 2 is 1.78 bits per heavy atom. The first kappa shape index (κ1) is 25.7. The lowest BCUT2D eigenvalue weighted by Gasteiger charge is -2.14. The van der Waals surface area contributed by atoms with E-state index in [1.54, 1.807) is 66.7 Å². The molecule has 4 rings (SSSR count). The quantitative estimate of drug-likeness (QED) is 0.155. The molecule has 8 nitrogen and oxygen atoms in total. The second kappa shape index (κ2) is 11.6. The van der Waals surface area contributed by atoms with E-state index in [1.807, 2.05) is 0 Å². The Bertz CT molecular complexity index is 1370. The first-order chi connectivity index (χ1) is 17.3. The summed E-state index contributed by atoms with van der Waals surface area (Å²) in [7, 11) is 0. The van der Waals surface area contributed by atoms with Crippen LogP contribution < -0.4 is 9.47 Å². The second-order valence-electron chi connectivity index (χ2n) is 7.47. The summed E-state index contributed by atoms with van der Waals surface area (Å²) in [5, 5.41) is 11.3. The van der Waals surface area contributed by atoms with Gasteiger partial charge in [-0.15, -0.1) is 0 Å². The molecule has 0 unspecified atom stereocenters. The van der Waals surface area contributed by atoms with Crippen molar-refractivity contribution in [2.24, 2.45) is 0 Å². The molecule has 3 aromatic rings. The minimum absolute atomic E-state index is 0.0412. The van der Waals surface area contributed by atoms with Gasteiger partial charge < -0.3 is 9.47 Å². The van der Waals surface area contributed by atoms with Crippen molar-refractivity contribution in [2.45, 2.75) is 6.61 Å². The standard InChI is InChI=1S/C25H18BrClN2O6S/c26-18-9-10-21(35-15-16-5-1-3-7-20(16)29(32)33)17(13-18)14-23-24(30)28(25(31)36-23)11-12-34-22-8-4-2-6-19(22)27/h1-10,13-14H,11-12,15H2/b23-14-. The Balaban J connectivity index is 1.48. The molecule has 1 heterocycles. The third-order valence-electron chi connectivity index (χ3n) is 5.11. The van der Waals surface area contributed by atoms with Crippen molar-refractivity contribution in [1.82, 2.24) is 4.90 Å². The van der Waals surface area contributed by atoms with Gasteiger partial charge in [-0.3, -0.25) is 24.6 Å². The van der Waals surface area contributed by atoms with Crippen molar-refractivity contribution < 1.29 is 24.0 Å². The molecule has 0 bridgehead atoms. The van der Waals surface area contributed by atoms with Crippen LogP contribution in [0.3, 0.4) is 0 Å². The lowest BCUT2D eigenvalue weighted by molar-refractivity contribution is -0.385. The summed E-state index contributed by atoms with van der Waals surface area (Å²) in [5.41, 5.74) is 0.910. The number of hydrogen-bond donors (Lipinski definition) is 0. The van der Waals surface area contributed by atoms with E-state index in [9.17, 15) is 19.7 Å². The van der Waals surface area contributed by atoms with Crippen LogP contribution >= 0.6 is 39.3 Å². The van der Waals surface area contributed by atoms with Crippen LogP contribution in [0.5, 0.6) is 11.5 Å². The number of rotatable bonds is 9. The SMILES string of the molecule is O=C1S/C(=C\c2cc(Br)ccc2OCc2ccccc2[N+](=O)[O-])C(=O)N1CCOc1ccccc1Cl. The predicted molar refractivity (Wildman–Crippen MR) is 141 cm³/mol. The van der Waals surface area contributed by atoms with Gasteiger partial charge >= 0.3 is 0 Å². The van der Waals surface area contributed by atoms with Gasteiger partial charge in [0.1, 0.15) is 24.7 Å². The van der Waals surface area contributed by atoms with Crippen LogP contribution in [0.2, 0.25) is 5.02 Å². The molecule has 2 amide bonds. The van der Waals surface area contributed by atoms with Gasteiger partial charge in [0.15, 0.2) is 0 Å². The van der Waals surface area contributed by atoms with E-state index in [0.717, 1.165) is 21.1 Å². The van der Waals surface area contributed by atoms with E-state index < -0.39 is 16.1 Å². The van der Waals surface area contributed by atoms with Crippen molar-refractivity contribution in [2.75, 3.05) is 13.2 Å². The summed E-state index contributed by atoms with van der Waals surface area (Å²) >= 11 is 10.3. The van der Waals surface area contributed by atoms with Crippen molar-refractivity contribution in [3.63, 3.8) is 0 Å². The highest BCUT2D eigenvalue weighted by Crippen LogP contribution is 2.35. The highest BCUT2D eigenvalue weighted by Gasteiger charge is 2.35. The molecule has 11 heteroatoms. The van der Waals surface area contributed by atoms with Gasteiger partial charge in [0.05, 0.1) is 27.0 Å². The molecule has 0 atom stereocenters. The Morgan fingerprint density at radius 3 is 2.56 bits per heavy atom. The zero-order chi connectivity index (χ0) is 25.7. The van der Waals surface area contributed by atoms with Crippen molar-refractivity contribution in [1.29, 1.82) is 0 Å². The number of imide groups is 1. The van der Waals surface area contributed by atoms with Gasteiger partial charge in [-0.05, 0) is 54.2 Å². The molecule has 3 aromatic carbocycles. The van der Waals surface area contributed by atoms with Gasteiger partial charge in [-0.25, -0.2) is 0 Å². The number of amides is 2. The third-order valence-corrected chi connectivity index (χ3v) is 6.83. The van der Waals surface area contributed by atoms with Crippen molar-refractivity contribution in [3.8, 4) is 11.5 Å². The van der Waals surface area contributed by atoms with E-state index in [0.29, 0.717) is 27.6 Å². The van der Waals surface area contributed by atoms with Gasteiger partial charge in [0.25, 0.3) is 16.8 Å². The number of carbonyl (C=O) groups excluding carboxylic acids is 2. The lowest BCUT2D eigenvalue weighted by Crippen LogP contribution is -2.32. The summed E-state index contributed by atoms with van der Waals surface area (Å²) in [6.45, 7) is 0.114. The molecule has 1 fully saturated rings. The molecule has 1 aliphatic heterocycles. The molecule has 0 radical (unpaired) electrons. The van der Waals surface area contributed by atoms with Gasteiger partial charge in [0.2, 0.25) is 0 Å². The van der Waals surface area contributed by atoms with E-state index in [-0.39, 0.29) is 30.4 Å². The van der Waals surface area contributed by atoms with Crippen LogP contribution in [0.25, 0.3) is 6.08 Å². The Kier molecular flexibility index (Phi) is 8.29. The first-order valence-electron chi connectivity index (χ1n) is 10.6. The molecular weight excluding hydrogens is 572 g/mol. The zero-order valence-corrected chi connectivity index (χ0v) is 21.7. The third kappa shape index (κ3) is 6.07. The number of nitrogens with zero attached hydrogens (tertiary/aromatic N) is 2. The molecule has 36 heavy (non-hydrogen) atoms. The average Bonchev–Trinajstić information content (AvgIpc) is 3.12. The largest absolute Gasteiger partial charge is 0.490 e.